The zero-order valence-electron chi connectivity index (χ0n) is 15.4. The lowest BCUT2D eigenvalue weighted by molar-refractivity contribution is 0.0970. The van der Waals surface area contributed by atoms with Crippen LogP contribution >= 0.6 is 27.3 Å². The first-order valence-corrected chi connectivity index (χ1v) is 10.4. The minimum Gasteiger partial charge on any atom is -0.292 e. The quantitative estimate of drug-likeness (QED) is 0.390. The fourth-order valence-electron chi connectivity index (χ4n) is 3.20. The second-order valence-corrected chi connectivity index (χ2v) is 8.81. The van der Waals surface area contributed by atoms with Crippen molar-refractivity contribution in [3.8, 4) is 11.1 Å². The number of thiophene rings is 1. The van der Waals surface area contributed by atoms with Crippen molar-refractivity contribution >= 4 is 43.3 Å². The zero-order valence-corrected chi connectivity index (χ0v) is 17.8. The third-order valence-electron chi connectivity index (χ3n) is 4.68. The van der Waals surface area contributed by atoms with Crippen LogP contribution in [0.4, 0.5) is 0 Å². The van der Waals surface area contributed by atoms with Crippen LogP contribution in [-0.4, -0.2) is 15.3 Å². The van der Waals surface area contributed by atoms with E-state index >= 15 is 0 Å². The number of nitrogens with zero attached hydrogens (tertiary/aromatic N) is 2. The van der Waals surface area contributed by atoms with Crippen LogP contribution in [0.2, 0.25) is 0 Å². The third kappa shape index (κ3) is 3.45. The van der Waals surface area contributed by atoms with Crippen LogP contribution in [0.25, 0.3) is 21.3 Å². The van der Waals surface area contributed by atoms with Gasteiger partial charge in [-0.25, -0.2) is 4.98 Å². The second kappa shape index (κ2) is 7.45. The fourth-order valence-corrected chi connectivity index (χ4v) is 4.47. The lowest BCUT2D eigenvalue weighted by Crippen LogP contribution is -2.24. The Balaban J connectivity index is 1.79. The summed E-state index contributed by atoms with van der Waals surface area (Å²) in [5, 5.41) is 0.573. The first-order valence-electron chi connectivity index (χ1n) is 8.78. The number of aromatic nitrogens is 2. The molecule has 4 rings (SSSR count). The van der Waals surface area contributed by atoms with Crippen molar-refractivity contribution in [3.05, 3.63) is 85.7 Å². The van der Waals surface area contributed by atoms with E-state index in [1.165, 1.54) is 22.2 Å². The van der Waals surface area contributed by atoms with Gasteiger partial charge in [0.15, 0.2) is 5.78 Å². The SMILES string of the molecule is Cc1ccc(C(=O)Cn2cnc3sc(C)c(-c4ccc(Br)cc4)c3c2=O)cc1. The molecule has 6 heteroatoms. The predicted molar refractivity (Wildman–Crippen MR) is 117 cm³/mol. The van der Waals surface area contributed by atoms with Gasteiger partial charge in [-0.2, -0.15) is 0 Å². The fraction of sp³-hybridized carbons (Fsp3) is 0.136. The molecule has 0 spiro atoms. The van der Waals surface area contributed by atoms with E-state index in [0.29, 0.717) is 15.8 Å². The maximum Gasteiger partial charge on any atom is 0.263 e. The smallest absolute Gasteiger partial charge is 0.263 e. The average molecular weight is 453 g/mol. The molecule has 0 saturated carbocycles. The van der Waals surface area contributed by atoms with Crippen LogP contribution in [0.1, 0.15) is 20.8 Å². The van der Waals surface area contributed by atoms with Gasteiger partial charge in [0.05, 0.1) is 18.3 Å². The highest BCUT2D eigenvalue weighted by atomic mass is 79.9. The minimum atomic E-state index is -0.187. The number of halogens is 1. The van der Waals surface area contributed by atoms with E-state index in [0.717, 1.165) is 26.0 Å². The molecule has 28 heavy (non-hydrogen) atoms. The Morgan fingerprint density at radius 2 is 1.75 bits per heavy atom. The van der Waals surface area contributed by atoms with Gasteiger partial charge in [0.1, 0.15) is 4.83 Å². The van der Waals surface area contributed by atoms with E-state index < -0.39 is 0 Å². The molecular formula is C22H17BrN2O2S. The molecular weight excluding hydrogens is 436 g/mol. The Bertz CT molecular complexity index is 1240. The van der Waals surface area contributed by atoms with Crippen molar-refractivity contribution in [2.24, 2.45) is 0 Å². The van der Waals surface area contributed by atoms with Crippen molar-refractivity contribution in [1.82, 2.24) is 9.55 Å². The van der Waals surface area contributed by atoms with Gasteiger partial charge in [0.25, 0.3) is 5.56 Å². The summed E-state index contributed by atoms with van der Waals surface area (Å²) in [6, 6.07) is 15.2. The zero-order chi connectivity index (χ0) is 19.8. The summed E-state index contributed by atoms with van der Waals surface area (Å²) < 4.78 is 2.38. The van der Waals surface area contributed by atoms with Crippen LogP contribution in [0.5, 0.6) is 0 Å². The Hall–Kier alpha value is -2.57. The number of rotatable bonds is 4. The van der Waals surface area contributed by atoms with Crippen molar-refractivity contribution in [1.29, 1.82) is 0 Å². The second-order valence-electron chi connectivity index (χ2n) is 6.69. The number of carbonyl (C=O) groups is 1. The van der Waals surface area contributed by atoms with E-state index in [1.807, 2.05) is 50.2 Å². The van der Waals surface area contributed by atoms with E-state index in [1.54, 1.807) is 12.1 Å². The Kier molecular flexibility index (Phi) is 5.00. The summed E-state index contributed by atoms with van der Waals surface area (Å²) in [6.07, 6.45) is 1.47. The molecule has 0 amide bonds. The van der Waals surface area contributed by atoms with Gasteiger partial charge in [-0.15, -0.1) is 11.3 Å². The lowest BCUT2D eigenvalue weighted by Gasteiger charge is -2.07. The maximum atomic E-state index is 13.2. The molecule has 4 aromatic rings. The van der Waals surface area contributed by atoms with E-state index in [2.05, 4.69) is 20.9 Å². The van der Waals surface area contributed by atoms with Crippen LogP contribution in [0.3, 0.4) is 0 Å². The van der Waals surface area contributed by atoms with E-state index in [9.17, 15) is 9.59 Å². The molecule has 140 valence electrons. The summed E-state index contributed by atoms with van der Waals surface area (Å²) >= 11 is 4.94. The lowest BCUT2D eigenvalue weighted by atomic mass is 10.0. The van der Waals surface area contributed by atoms with Crippen molar-refractivity contribution < 1.29 is 4.79 Å². The Labute approximate surface area is 174 Å². The predicted octanol–water partition coefficient (Wildman–Crippen LogP) is 5.39. The molecule has 0 saturated heterocycles. The Morgan fingerprint density at radius 1 is 1.07 bits per heavy atom. The molecule has 0 atom stereocenters. The number of aryl methyl sites for hydroxylation is 2. The van der Waals surface area contributed by atoms with Crippen molar-refractivity contribution in [2.45, 2.75) is 20.4 Å². The Morgan fingerprint density at radius 3 is 2.43 bits per heavy atom. The first kappa shape index (κ1) is 18.8. The molecule has 0 aliphatic carbocycles. The number of ketones is 1. The van der Waals surface area contributed by atoms with Crippen molar-refractivity contribution in [3.63, 3.8) is 0 Å². The maximum absolute atomic E-state index is 13.2. The third-order valence-corrected chi connectivity index (χ3v) is 6.22. The molecule has 0 aliphatic rings. The average Bonchev–Trinajstić information content (AvgIpc) is 3.02. The van der Waals surface area contributed by atoms with Gasteiger partial charge in [0.2, 0.25) is 0 Å². The summed E-state index contributed by atoms with van der Waals surface area (Å²) in [5.41, 5.74) is 3.35. The number of hydrogen-bond acceptors (Lipinski definition) is 4. The summed E-state index contributed by atoms with van der Waals surface area (Å²) in [6.45, 7) is 3.93. The van der Waals surface area contributed by atoms with Gasteiger partial charge in [-0.05, 0) is 31.5 Å². The van der Waals surface area contributed by atoms with Crippen LogP contribution in [-0.2, 0) is 6.54 Å². The number of fused-ring (bicyclic) bond motifs is 1. The summed E-state index contributed by atoms with van der Waals surface area (Å²) in [4.78, 5) is 32.0. The standard InChI is InChI=1S/C22H17BrN2O2S/c1-13-3-5-15(6-4-13)18(26)11-25-12-24-21-20(22(25)27)19(14(2)28-21)16-7-9-17(23)10-8-16/h3-10,12H,11H2,1-2H3. The van der Waals surface area contributed by atoms with Gasteiger partial charge in [-0.3, -0.25) is 14.2 Å². The monoisotopic (exact) mass is 452 g/mol. The molecule has 2 aromatic carbocycles. The molecule has 2 heterocycles. The van der Waals surface area contributed by atoms with Crippen LogP contribution in [0, 0.1) is 13.8 Å². The van der Waals surface area contributed by atoms with Gasteiger partial charge < -0.3 is 0 Å². The number of hydrogen-bond donors (Lipinski definition) is 0. The van der Waals surface area contributed by atoms with E-state index in [-0.39, 0.29) is 17.9 Å². The highest BCUT2D eigenvalue weighted by molar-refractivity contribution is 9.10. The van der Waals surface area contributed by atoms with Crippen LogP contribution in [0.15, 0.2) is 64.1 Å². The number of carbonyl (C=O) groups excluding carboxylic acids is 1. The molecule has 0 bridgehead atoms. The minimum absolute atomic E-state index is 0.0283. The molecule has 0 aliphatic heterocycles. The molecule has 2 aromatic heterocycles. The molecule has 4 nitrogen and oxygen atoms in total. The molecule has 0 N–H and O–H groups in total. The number of benzene rings is 2. The first-order chi connectivity index (χ1) is 13.4. The molecule has 0 radical (unpaired) electrons. The number of Topliss-reactive ketones (excluding diaryl/α,β-unsaturated/α-hetero) is 1. The summed E-state index contributed by atoms with van der Waals surface area (Å²) in [7, 11) is 0. The van der Waals surface area contributed by atoms with Crippen molar-refractivity contribution in [2.75, 3.05) is 0 Å². The topological polar surface area (TPSA) is 52.0 Å². The largest absolute Gasteiger partial charge is 0.292 e. The van der Waals surface area contributed by atoms with E-state index in [4.69, 9.17) is 0 Å². The molecule has 0 fully saturated rings. The van der Waals surface area contributed by atoms with Gasteiger partial charge >= 0.3 is 0 Å². The molecule has 0 unspecified atom stereocenters. The normalized spacial score (nSPS) is 11.1. The summed E-state index contributed by atoms with van der Waals surface area (Å²) in [5.74, 6) is -0.111. The highest BCUT2D eigenvalue weighted by Gasteiger charge is 2.18. The highest BCUT2D eigenvalue weighted by Crippen LogP contribution is 2.35. The van der Waals surface area contributed by atoms with Crippen LogP contribution < -0.4 is 5.56 Å². The van der Waals surface area contributed by atoms with Gasteiger partial charge in [-0.1, -0.05) is 57.9 Å². The van der Waals surface area contributed by atoms with Gasteiger partial charge in [0, 0.05) is 20.5 Å².